The summed E-state index contributed by atoms with van der Waals surface area (Å²) >= 11 is 4.95. The molecule has 2 N–H and O–H groups in total. The minimum absolute atomic E-state index is 0.0833. The molecule has 230 valence electrons. The van der Waals surface area contributed by atoms with Crippen molar-refractivity contribution in [1.82, 2.24) is 20.3 Å². The van der Waals surface area contributed by atoms with Gasteiger partial charge in [-0.3, -0.25) is 0 Å². The molecule has 0 radical (unpaired) electrons. The molecule has 2 aromatic heterocycles. The van der Waals surface area contributed by atoms with E-state index >= 15 is 4.39 Å². The van der Waals surface area contributed by atoms with Gasteiger partial charge >= 0.3 is 0 Å². The van der Waals surface area contributed by atoms with Gasteiger partial charge in [0.15, 0.2) is 9.84 Å². The van der Waals surface area contributed by atoms with Gasteiger partial charge in [0.1, 0.15) is 36.1 Å². The summed E-state index contributed by atoms with van der Waals surface area (Å²) in [5, 5.41) is 9.26. The van der Waals surface area contributed by atoms with E-state index in [1.807, 2.05) is 12.1 Å². The number of sulfone groups is 1. The standard InChI is InChI=1S/C31H30BrF2N5O3S2/c1-19(2)44(40,41)11-10-35-9-8-30-39-28(17-43-30)23-14-24-27(15-26(23)34)36-18-37-31(24)38-22-6-7-29(25(32)13-22)42-16-20-4-3-5-21(33)12-20/h3-7,12-15,17-19,35H,8-11,16H2,1-2H3,(H,36,37,38). The molecule has 0 spiro atoms. The SMILES string of the molecule is CC(C)S(=O)(=O)CCNCCc1nc(-c2cc3c(Nc4ccc(OCc5cccc(F)c5)c(Br)c4)ncnc3cc2F)cs1. The van der Waals surface area contributed by atoms with Crippen molar-refractivity contribution in [2.45, 2.75) is 32.1 Å². The van der Waals surface area contributed by atoms with Crippen LogP contribution in [0.3, 0.4) is 0 Å². The van der Waals surface area contributed by atoms with Crippen LogP contribution >= 0.6 is 27.3 Å². The van der Waals surface area contributed by atoms with Gasteiger partial charge in [-0.05, 0) is 71.7 Å². The third kappa shape index (κ3) is 7.95. The van der Waals surface area contributed by atoms with E-state index < -0.39 is 20.9 Å². The van der Waals surface area contributed by atoms with E-state index in [2.05, 4.69) is 41.5 Å². The van der Waals surface area contributed by atoms with Crippen LogP contribution in [-0.4, -0.2) is 47.5 Å². The first-order chi connectivity index (χ1) is 21.1. The molecular weight excluding hydrogens is 672 g/mol. The summed E-state index contributed by atoms with van der Waals surface area (Å²) in [4.78, 5) is 13.3. The molecule has 0 saturated heterocycles. The maximum atomic E-state index is 15.2. The molecule has 0 fully saturated rings. The van der Waals surface area contributed by atoms with Crippen LogP contribution < -0.4 is 15.4 Å². The number of fused-ring (bicyclic) bond motifs is 1. The number of halogens is 3. The molecule has 0 aliphatic carbocycles. The van der Waals surface area contributed by atoms with E-state index in [-0.39, 0.29) is 18.2 Å². The highest BCUT2D eigenvalue weighted by atomic mass is 79.9. The minimum atomic E-state index is -3.09. The zero-order valence-electron chi connectivity index (χ0n) is 24.0. The van der Waals surface area contributed by atoms with Crippen LogP contribution in [0.1, 0.15) is 24.4 Å². The first kappa shape index (κ1) is 31.9. The normalized spacial score (nSPS) is 11.8. The highest BCUT2D eigenvalue weighted by Crippen LogP contribution is 2.34. The molecule has 0 aliphatic heterocycles. The molecule has 0 amide bonds. The molecule has 0 unspecified atom stereocenters. The average molecular weight is 703 g/mol. The van der Waals surface area contributed by atoms with Gasteiger partial charge < -0.3 is 15.4 Å². The number of anilines is 2. The first-order valence-corrected chi connectivity index (χ1v) is 17.2. The van der Waals surface area contributed by atoms with Crippen LogP contribution in [0.5, 0.6) is 5.75 Å². The lowest BCUT2D eigenvalue weighted by atomic mass is 10.1. The molecule has 0 saturated carbocycles. The summed E-state index contributed by atoms with van der Waals surface area (Å²) in [7, 11) is -3.09. The Balaban J connectivity index is 1.27. The molecule has 8 nitrogen and oxygen atoms in total. The molecule has 0 bridgehead atoms. The minimum Gasteiger partial charge on any atom is -0.488 e. The van der Waals surface area contributed by atoms with Gasteiger partial charge in [0.2, 0.25) is 0 Å². The van der Waals surface area contributed by atoms with Gasteiger partial charge in [0.05, 0.1) is 31.7 Å². The van der Waals surface area contributed by atoms with Crippen molar-refractivity contribution < 1.29 is 21.9 Å². The Kier molecular flexibility index (Phi) is 10.2. The number of thiazole rings is 1. The highest BCUT2D eigenvalue weighted by molar-refractivity contribution is 9.10. The summed E-state index contributed by atoms with van der Waals surface area (Å²) in [5.41, 5.74) is 2.70. The fraction of sp³-hybridized carbons (Fsp3) is 0.258. The van der Waals surface area contributed by atoms with E-state index in [9.17, 15) is 12.8 Å². The number of ether oxygens (including phenoxy) is 1. The molecular formula is C31H30BrF2N5O3S2. The fourth-order valence-electron chi connectivity index (χ4n) is 4.31. The molecule has 5 aromatic rings. The Morgan fingerprint density at radius 1 is 1.05 bits per heavy atom. The molecule has 2 heterocycles. The third-order valence-corrected chi connectivity index (χ3v) is 10.6. The lowest BCUT2D eigenvalue weighted by Gasteiger charge is -2.13. The van der Waals surface area contributed by atoms with Crippen LogP contribution in [0, 0.1) is 11.6 Å². The number of benzene rings is 3. The predicted molar refractivity (Wildman–Crippen MR) is 174 cm³/mol. The molecule has 44 heavy (non-hydrogen) atoms. The smallest absolute Gasteiger partial charge is 0.153 e. The van der Waals surface area contributed by atoms with Crippen molar-refractivity contribution in [3.8, 4) is 17.0 Å². The third-order valence-electron chi connectivity index (χ3n) is 6.83. The monoisotopic (exact) mass is 701 g/mol. The van der Waals surface area contributed by atoms with E-state index in [0.29, 0.717) is 69.0 Å². The van der Waals surface area contributed by atoms with Crippen LogP contribution in [0.4, 0.5) is 20.3 Å². The fourth-order valence-corrected chi connectivity index (χ4v) is 6.51. The lowest BCUT2D eigenvalue weighted by Crippen LogP contribution is -2.28. The lowest BCUT2D eigenvalue weighted by molar-refractivity contribution is 0.303. The van der Waals surface area contributed by atoms with Crippen LogP contribution in [0.25, 0.3) is 22.2 Å². The van der Waals surface area contributed by atoms with Gasteiger partial charge in [-0.25, -0.2) is 32.2 Å². The highest BCUT2D eigenvalue weighted by Gasteiger charge is 2.16. The molecule has 13 heteroatoms. The number of hydrogen-bond donors (Lipinski definition) is 2. The van der Waals surface area contributed by atoms with Crippen molar-refractivity contribution in [2.24, 2.45) is 0 Å². The summed E-state index contributed by atoms with van der Waals surface area (Å²) in [6, 6.07) is 14.7. The largest absolute Gasteiger partial charge is 0.488 e. The van der Waals surface area contributed by atoms with Crippen molar-refractivity contribution in [2.75, 3.05) is 24.2 Å². The maximum Gasteiger partial charge on any atom is 0.153 e. The Hall–Kier alpha value is -3.52. The van der Waals surface area contributed by atoms with E-state index in [1.165, 1.54) is 35.9 Å². The van der Waals surface area contributed by atoms with Crippen LogP contribution in [-0.2, 0) is 22.9 Å². The van der Waals surface area contributed by atoms with Crippen molar-refractivity contribution in [1.29, 1.82) is 0 Å². The Labute approximate surface area is 267 Å². The van der Waals surface area contributed by atoms with Gasteiger partial charge in [-0.15, -0.1) is 11.3 Å². The van der Waals surface area contributed by atoms with Crippen LogP contribution in [0.15, 0.2) is 70.8 Å². The van der Waals surface area contributed by atoms with E-state index in [4.69, 9.17) is 4.74 Å². The maximum absolute atomic E-state index is 15.2. The number of hydrogen-bond acceptors (Lipinski definition) is 9. The zero-order chi connectivity index (χ0) is 31.3. The summed E-state index contributed by atoms with van der Waals surface area (Å²) in [6.07, 6.45) is 1.96. The second kappa shape index (κ2) is 14.1. The van der Waals surface area contributed by atoms with E-state index in [0.717, 1.165) is 5.01 Å². The molecule has 0 atom stereocenters. The molecule has 0 aliphatic rings. The average Bonchev–Trinajstić information content (AvgIpc) is 3.45. The Morgan fingerprint density at radius 3 is 2.66 bits per heavy atom. The summed E-state index contributed by atoms with van der Waals surface area (Å²) in [5.74, 6) is 0.402. The number of nitrogens with one attached hydrogen (secondary N) is 2. The second-order valence-electron chi connectivity index (χ2n) is 10.3. The number of nitrogens with zero attached hydrogens (tertiary/aromatic N) is 3. The number of aromatic nitrogens is 3. The second-order valence-corrected chi connectivity index (χ2v) is 14.8. The Morgan fingerprint density at radius 2 is 1.89 bits per heavy atom. The van der Waals surface area contributed by atoms with Crippen molar-refractivity contribution >= 4 is 59.5 Å². The summed E-state index contributed by atoms with van der Waals surface area (Å²) in [6.45, 7) is 4.50. The first-order valence-electron chi connectivity index (χ1n) is 13.8. The van der Waals surface area contributed by atoms with Gasteiger partial charge in [0.25, 0.3) is 0 Å². The molecule has 3 aromatic carbocycles. The van der Waals surface area contributed by atoms with Gasteiger partial charge in [-0.2, -0.15) is 0 Å². The van der Waals surface area contributed by atoms with Gasteiger partial charge in [-0.1, -0.05) is 12.1 Å². The van der Waals surface area contributed by atoms with E-state index in [1.54, 1.807) is 43.5 Å². The predicted octanol–water partition coefficient (Wildman–Crippen LogP) is 7.07. The van der Waals surface area contributed by atoms with Gasteiger partial charge in [0, 0.05) is 47.6 Å². The zero-order valence-corrected chi connectivity index (χ0v) is 27.2. The topological polar surface area (TPSA) is 106 Å². The quantitative estimate of drug-likeness (QED) is 0.126. The summed E-state index contributed by atoms with van der Waals surface area (Å²) < 4.78 is 59.1. The van der Waals surface area contributed by atoms with Crippen molar-refractivity contribution in [3.63, 3.8) is 0 Å². The van der Waals surface area contributed by atoms with Crippen molar-refractivity contribution in [3.05, 3.63) is 93.0 Å². The van der Waals surface area contributed by atoms with Crippen LogP contribution in [0.2, 0.25) is 0 Å². The Bertz CT molecular complexity index is 1890. The number of rotatable bonds is 13. The molecule has 5 rings (SSSR count).